The lowest BCUT2D eigenvalue weighted by atomic mass is 9.98. The molecule has 1 atom stereocenters. The second-order valence-corrected chi connectivity index (χ2v) is 7.57. The quantitative estimate of drug-likeness (QED) is 0.627. The van der Waals surface area contributed by atoms with E-state index in [4.69, 9.17) is 10.5 Å². The zero-order valence-electron chi connectivity index (χ0n) is 17.5. The molecule has 0 aromatic heterocycles. The maximum Gasteiger partial charge on any atom is 0.255 e. The summed E-state index contributed by atoms with van der Waals surface area (Å²) in [6, 6.07) is 18.4. The Morgan fingerprint density at radius 2 is 1.94 bits per heavy atom. The number of amides is 1. The molecule has 0 bridgehead atoms. The van der Waals surface area contributed by atoms with Gasteiger partial charge in [0.2, 0.25) is 5.97 Å². The van der Waals surface area contributed by atoms with Crippen LogP contribution in [-0.2, 0) is 6.54 Å². The van der Waals surface area contributed by atoms with Gasteiger partial charge in [0.1, 0.15) is 5.75 Å². The van der Waals surface area contributed by atoms with Crippen LogP contribution in [0.1, 0.15) is 38.7 Å². The summed E-state index contributed by atoms with van der Waals surface area (Å²) in [5, 5.41) is 3.01. The molecule has 1 unspecified atom stereocenters. The maximum atomic E-state index is 14.0. The van der Waals surface area contributed by atoms with E-state index >= 15 is 0 Å². The number of nitrogens with zero attached hydrogens (tertiary/aromatic N) is 1. The summed E-state index contributed by atoms with van der Waals surface area (Å²) in [4.78, 5) is 17.0. The van der Waals surface area contributed by atoms with Crippen LogP contribution in [0.25, 0.3) is 11.1 Å². The summed E-state index contributed by atoms with van der Waals surface area (Å²) < 4.78 is 19.4. The van der Waals surface area contributed by atoms with Crippen LogP contribution in [0, 0.1) is 6.92 Å². The number of hydrogen-bond acceptors (Lipinski definition) is 4. The summed E-state index contributed by atoms with van der Waals surface area (Å²) in [7, 11) is 1.52. The van der Waals surface area contributed by atoms with E-state index in [1.54, 1.807) is 18.2 Å². The predicted octanol–water partition coefficient (Wildman–Crippen LogP) is 4.33. The fraction of sp³-hybridized carbons (Fsp3) is 0.200. The highest BCUT2D eigenvalue weighted by Gasteiger charge is 2.20. The van der Waals surface area contributed by atoms with Crippen molar-refractivity contribution in [2.45, 2.75) is 19.5 Å². The molecule has 3 aromatic rings. The molecule has 158 valence electrons. The van der Waals surface area contributed by atoms with Crippen LogP contribution in [0.5, 0.6) is 5.75 Å². The Labute approximate surface area is 180 Å². The SMILES string of the molecule is COc1ccc(-c2ccc3c(c2)C(F)=NC3)cc1C(=O)NC(CN)c1cccc(C)c1. The predicted molar refractivity (Wildman–Crippen MR) is 120 cm³/mol. The minimum atomic E-state index is -0.452. The molecular weight excluding hydrogens is 393 g/mol. The Hall–Kier alpha value is -3.51. The van der Waals surface area contributed by atoms with E-state index in [2.05, 4.69) is 10.3 Å². The normalized spacial score (nSPS) is 13.4. The molecule has 0 spiro atoms. The number of carbonyl (C=O) groups is 1. The van der Waals surface area contributed by atoms with Crippen LogP contribution in [0.2, 0.25) is 0 Å². The number of halogens is 1. The van der Waals surface area contributed by atoms with Crippen LogP contribution in [0.3, 0.4) is 0 Å². The van der Waals surface area contributed by atoms with Crippen molar-refractivity contribution in [1.82, 2.24) is 5.32 Å². The van der Waals surface area contributed by atoms with E-state index in [1.807, 2.05) is 49.4 Å². The van der Waals surface area contributed by atoms with Crippen LogP contribution >= 0.6 is 0 Å². The molecule has 5 nitrogen and oxygen atoms in total. The number of methoxy groups -OCH3 is 1. The lowest BCUT2D eigenvalue weighted by Crippen LogP contribution is -2.33. The van der Waals surface area contributed by atoms with Crippen LogP contribution in [0.4, 0.5) is 4.39 Å². The first kappa shape index (κ1) is 20.8. The molecule has 3 aromatic carbocycles. The molecule has 1 aliphatic heterocycles. The average Bonchev–Trinajstić information content (AvgIpc) is 3.17. The zero-order valence-corrected chi connectivity index (χ0v) is 17.5. The van der Waals surface area contributed by atoms with Crippen molar-refractivity contribution in [1.29, 1.82) is 0 Å². The summed E-state index contributed by atoms with van der Waals surface area (Å²) >= 11 is 0. The molecule has 0 aliphatic carbocycles. The molecule has 0 radical (unpaired) electrons. The number of carbonyl (C=O) groups excluding carboxylic acids is 1. The Morgan fingerprint density at radius 1 is 1.16 bits per heavy atom. The van der Waals surface area contributed by atoms with Gasteiger partial charge in [-0.3, -0.25) is 9.79 Å². The fourth-order valence-corrected chi connectivity index (χ4v) is 3.79. The Kier molecular flexibility index (Phi) is 5.82. The van der Waals surface area contributed by atoms with Gasteiger partial charge >= 0.3 is 0 Å². The van der Waals surface area contributed by atoms with Gasteiger partial charge in [0, 0.05) is 12.1 Å². The van der Waals surface area contributed by atoms with Crippen LogP contribution in [0.15, 0.2) is 65.7 Å². The third-order valence-corrected chi connectivity index (χ3v) is 5.48. The minimum absolute atomic E-state index is 0.265. The van der Waals surface area contributed by atoms with Gasteiger partial charge in [-0.2, -0.15) is 4.39 Å². The highest BCUT2D eigenvalue weighted by Crippen LogP contribution is 2.30. The summed E-state index contributed by atoms with van der Waals surface area (Å²) in [6.07, 6.45) is 0. The van der Waals surface area contributed by atoms with E-state index in [9.17, 15) is 9.18 Å². The topological polar surface area (TPSA) is 76.7 Å². The molecule has 31 heavy (non-hydrogen) atoms. The molecule has 6 heteroatoms. The van der Waals surface area contributed by atoms with Crippen molar-refractivity contribution in [3.63, 3.8) is 0 Å². The van der Waals surface area contributed by atoms with Crippen molar-refractivity contribution in [2.75, 3.05) is 13.7 Å². The molecule has 0 fully saturated rings. The number of benzene rings is 3. The molecule has 1 aliphatic rings. The number of aryl methyl sites for hydroxylation is 1. The number of hydrogen-bond donors (Lipinski definition) is 2. The average molecular weight is 417 g/mol. The number of nitrogens with one attached hydrogen (secondary N) is 1. The molecule has 0 saturated carbocycles. The minimum Gasteiger partial charge on any atom is -0.496 e. The Balaban J connectivity index is 1.65. The molecule has 3 N–H and O–H groups in total. The highest BCUT2D eigenvalue weighted by molar-refractivity contribution is 6.00. The molecule has 0 saturated heterocycles. The van der Waals surface area contributed by atoms with Gasteiger partial charge in [0.25, 0.3) is 5.91 Å². The third kappa shape index (κ3) is 4.20. The third-order valence-electron chi connectivity index (χ3n) is 5.48. The second-order valence-electron chi connectivity index (χ2n) is 7.57. The first-order chi connectivity index (χ1) is 15.0. The van der Waals surface area contributed by atoms with E-state index in [0.29, 0.717) is 23.4 Å². The van der Waals surface area contributed by atoms with Gasteiger partial charge in [-0.15, -0.1) is 0 Å². The molecular formula is C25H24FN3O2. The van der Waals surface area contributed by atoms with E-state index in [-0.39, 0.29) is 18.5 Å². The van der Waals surface area contributed by atoms with Crippen molar-refractivity contribution < 1.29 is 13.9 Å². The van der Waals surface area contributed by atoms with Gasteiger partial charge in [-0.1, -0.05) is 48.0 Å². The number of rotatable bonds is 6. The lowest BCUT2D eigenvalue weighted by Gasteiger charge is -2.19. The van der Waals surface area contributed by atoms with Crippen molar-refractivity contribution >= 4 is 11.9 Å². The zero-order chi connectivity index (χ0) is 22.0. The van der Waals surface area contributed by atoms with Gasteiger partial charge in [-0.05, 0) is 47.4 Å². The van der Waals surface area contributed by atoms with Gasteiger partial charge in [0.05, 0.1) is 25.3 Å². The number of aliphatic imine (C=N–C) groups is 1. The summed E-state index contributed by atoms with van der Waals surface area (Å²) in [6.45, 7) is 2.62. The molecule has 1 amide bonds. The largest absolute Gasteiger partial charge is 0.496 e. The Bertz CT molecular complexity index is 1170. The highest BCUT2D eigenvalue weighted by atomic mass is 19.1. The van der Waals surface area contributed by atoms with Crippen molar-refractivity contribution in [3.05, 3.63) is 88.5 Å². The number of nitrogens with two attached hydrogens (primary N) is 1. The van der Waals surface area contributed by atoms with Gasteiger partial charge in [0.15, 0.2) is 0 Å². The lowest BCUT2D eigenvalue weighted by molar-refractivity contribution is 0.0935. The van der Waals surface area contributed by atoms with E-state index in [1.165, 1.54) is 7.11 Å². The second kappa shape index (κ2) is 8.70. The standard InChI is InChI=1S/C25H24FN3O2/c1-15-4-3-5-18(10-15)22(13-27)29-25(30)21-12-17(8-9-23(21)31-2)16-6-7-19-14-28-24(26)20(19)11-16/h3-12,22H,13-14,27H2,1-2H3,(H,29,30). The Morgan fingerprint density at radius 3 is 2.68 bits per heavy atom. The van der Waals surface area contributed by atoms with Crippen LogP contribution in [-0.4, -0.2) is 25.5 Å². The van der Waals surface area contributed by atoms with Crippen LogP contribution < -0.4 is 15.8 Å². The van der Waals surface area contributed by atoms with E-state index in [0.717, 1.165) is 27.8 Å². The van der Waals surface area contributed by atoms with E-state index < -0.39 is 5.97 Å². The van der Waals surface area contributed by atoms with Crippen molar-refractivity contribution in [3.8, 4) is 16.9 Å². The first-order valence-electron chi connectivity index (χ1n) is 10.1. The molecule has 1 heterocycles. The summed E-state index contributed by atoms with van der Waals surface area (Å²) in [5.74, 6) is -0.285. The first-order valence-corrected chi connectivity index (χ1v) is 10.1. The van der Waals surface area contributed by atoms with Gasteiger partial charge in [-0.25, -0.2) is 0 Å². The molecule has 4 rings (SSSR count). The fourth-order valence-electron chi connectivity index (χ4n) is 3.79. The maximum absolute atomic E-state index is 14.0. The van der Waals surface area contributed by atoms with Gasteiger partial charge < -0.3 is 15.8 Å². The number of ether oxygens (including phenoxy) is 1. The smallest absolute Gasteiger partial charge is 0.255 e. The number of fused-ring (bicyclic) bond motifs is 1. The monoisotopic (exact) mass is 417 g/mol. The summed E-state index contributed by atoms with van der Waals surface area (Å²) in [5.41, 5.74) is 11.3. The van der Waals surface area contributed by atoms with Crippen molar-refractivity contribution in [2.24, 2.45) is 10.7 Å².